The van der Waals surface area contributed by atoms with Gasteiger partial charge in [0.25, 0.3) is 0 Å². The third kappa shape index (κ3) is 11.8. The summed E-state index contributed by atoms with van der Waals surface area (Å²) in [5, 5.41) is 10.6. The van der Waals surface area contributed by atoms with E-state index in [1.807, 2.05) is 30.6 Å². The summed E-state index contributed by atoms with van der Waals surface area (Å²) in [6.07, 6.45) is 6.36. The summed E-state index contributed by atoms with van der Waals surface area (Å²) >= 11 is 0. The molecule has 4 heterocycles. The molecule has 0 spiro atoms. The molecule has 1 saturated heterocycles. The van der Waals surface area contributed by atoms with Crippen LogP contribution in [0.4, 0.5) is 13.2 Å². The fraction of sp³-hybridized carbons (Fsp3) is 0.275. The zero-order valence-corrected chi connectivity index (χ0v) is 28.6. The van der Waals surface area contributed by atoms with E-state index < -0.39 is 12.1 Å². The summed E-state index contributed by atoms with van der Waals surface area (Å²) < 4.78 is 31.7. The van der Waals surface area contributed by atoms with Crippen LogP contribution in [0.25, 0.3) is 11.3 Å². The molecular weight excluding hydrogens is 669 g/mol. The molecule has 12 heteroatoms. The van der Waals surface area contributed by atoms with Gasteiger partial charge in [0.2, 0.25) is 5.91 Å². The van der Waals surface area contributed by atoms with Gasteiger partial charge in [-0.25, -0.2) is 4.79 Å². The van der Waals surface area contributed by atoms with E-state index in [2.05, 4.69) is 97.9 Å². The molecule has 2 N–H and O–H groups in total. The van der Waals surface area contributed by atoms with Crippen molar-refractivity contribution in [3.8, 4) is 11.3 Å². The first-order valence-corrected chi connectivity index (χ1v) is 17.0. The van der Waals surface area contributed by atoms with Crippen LogP contribution in [0.2, 0.25) is 0 Å². The minimum Gasteiger partial charge on any atom is -0.475 e. The van der Waals surface area contributed by atoms with E-state index in [0.717, 1.165) is 79.1 Å². The number of aromatic nitrogens is 3. The van der Waals surface area contributed by atoms with Gasteiger partial charge < -0.3 is 15.3 Å². The van der Waals surface area contributed by atoms with Gasteiger partial charge in [-0.3, -0.25) is 24.6 Å². The van der Waals surface area contributed by atoms with E-state index in [0.29, 0.717) is 13.0 Å². The summed E-state index contributed by atoms with van der Waals surface area (Å²) in [6.45, 7) is 5.03. The number of pyridine rings is 3. The number of amides is 1. The predicted octanol–water partition coefficient (Wildman–Crippen LogP) is 6.70. The number of carbonyl (C=O) groups is 2. The standard InChI is InChI=1S/C38H40N6O.C2HF3O2/c45-38(22-32-8-4-18-39-23-32)44(36-16-20-43(21-17-36)28-30-6-2-1-3-7-30)29-31-10-13-35(14-11-31)37-15-12-34(27-42-37)26-41-25-33-9-5-19-40-24-33;3-2(4,5)1(6)7/h1-15,18-19,23-24,27,36,41H,16-17,20-22,25-26,28-29H2;(H,6,7). The molecule has 2 aromatic carbocycles. The highest BCUT2D eigenvalue weighted by molar-refractivity contribution is 5.79. The van der Waals surface area contributed by atoms with Gasteiger partial charge in [-0.2, -0.15) is 13.2 Å². The maximum absolute atomic E-state index is 13.7. The van der Waals surface area contributed by atoms with E-state index in [1.54, 1.807) is 18.6 Å². The number of benzene rings is 2. The van der Waals surface area contributed by atoms with Crippen LogP contribution < -0.4 is 5.32 Å². The van der Waals surface area contributed by atoms with Crippen molar-refractivity contribution in [3.63, 3.8) is 0 Å². The molecule has 0 atom stereocenters. The fourth-order valence-electron chi connectivity index (χ4n) is 5.96. The molecule has 1 aliphatic rings. The average Bonchev–Trinajstić information content (AvgIpc) is 3.16. The number of carbonyl (C=O) groups excluding carboxylic acids is 1. The smallest absolute Gasteiger partial charge is 0.475 e. The number of piperidine rings is 1. The van der Waals surface area contributed by atoms with Crippen molar-refractivity contribution in [1.82, 2.24) is 30.1 Å². The van der Waals surface area contributed by atoms with Crippen LogP contribution in [0.1, 0.15) is 40.7 Å². The molecule has 0 saturated carbocycles. The SMILES string of the molecule is O=C(Cc1cccnc1)N(Cc1ccc(-c2ccc(CNCc3cccnc3)cn2)cc1)C1CCN(Cc2ccccc2)CC1.O=C(O)C(F)(F)F. The van der Waals surface area contributed by atoms with E-state index in [9.17, 15) is 18.0 Å². The largest absolute Gasteiger partial charge is 0.490 e. The van der Waals surface area contributed by atoms with Gasteiger partial charge in [0, 0.05) is 81.9 Å². The van der Waals surface area contributed by atoms with E-state index >= 15 is 0 Å². The fourth-order valence-corrected chi connectivity index (χ4v) is 5.96. The molecule has 3 aromatic heterocycles. The molecule has 0 unspecified atom stereocenters. The summed E-state index contributed by atoms with van der Waals surface area (Å²) in [5.41, 5.74) is 7.71. The predicted molar refractivity (Wildman–Crippen MR) is 191 cm³/mol. The molecule has 0 aliphatic carbocycles. The molecule has 1 amide bonds. The lowest BCUT2D eigenvalue weighted by Gasteiger charge is -2.39. The van der Waals surface area contributed by atoms with Crippen molar-refractivity contribution in [2.75, 3.05) is 13.1 Å². The van der Waals surface area contributed by atoms with Gasteiger partial charge in [0.1, 0.15) is 0 Å². The minimum absolute atomic E-state index is 0.156. The number of hydrogen-bond donors (Lipinski definition) is 2. The maximum atomic E-state index is 13.7. The monoisotopic (exact) mass is 710 g/mol. The third-order valence-corrected chi connectivity index (χ3v) is 8.70. The number of carboxylic acid groups (broad SMARTS) is 1. The summed E-state index contributed by atoms with van der Waals surface area (Å²) in [6, 6.07) is 31.4. The number of nitrogens with zero attached hydrogens (tertiary/aromatic N) is 5. The Bertz CT molecular complexity index is 1820. The van der Waals surface area contributed by atoms with Crippen molar-refractivity contribution < 1.29 is 27.9 Å². The first-order valence-electron chi connectivity index (χ1n) is 17.0. The van der Waals surface area contributed by atoms with Gasteiger partial charge in [0.15, 0.2) is 0 Å². The van der Waals surface area contributed by atoms with Crippen LogP contribution in [-0.4, -0.2) is 67.0 Å². The highest BCUT2D eigenvalue weighted by Crippen LogP contribution is 2.24. The van der Waals surface area contributed by atoms with Crippen molar-refractivity contribution >= 4 is 11.9 Å². The Labute approximate surface area is 301 Å². The molecule has 1 aliphatic heterocycles. The highest BCUT2D eigenvalue weighted by Gasteiger charge is 2.38. The van der Waals surface area contributed by atoms with Crippen LogP contribution >= 0.6 is 0 Å². The zero-order chi connectivity index (χ0) is 36.8. The molecule has 6 rings (SSSR count). The molecule has 5 aromatic rings. The first kappa shape index (κ1) is 37.8. The number of halogens is 3. The number of carboxylic acids is 1. The maximum Gasteiger partial charge on any atom is 0.490 e. The van der Waals surface area contributed by atoms with Crippen LogP contribution in [0.15, 0.2) is 122 Å². The van der Waals surface area contributed by atoms with Gasteiger partial charge in [-0.05, 0) is 58.9 Å². The van der Waals surface area contributed by atoms with Crippen molar-refractivity contribution in [2.45, 2.75) is 57.7 Å². The number of nitrogens with one attached hydrogen (secondary N) is 1. The normalized spacial score (nSPS) is 13.5. The lowest BCUT2D eigenvalue weighted by molar-refractivity contribution is -0.192. The van der Waals surface area contributed by atoms with Crippen LogP contribution in [-0.2, 0) is 42.2 Å². The summed E-state index contributed by atoms with van der Waals surface area (Å²) in [7, 11) is 0. The quantitative estimate of drug-likeness (QED) is 0.147. The van der Waals surface area contributed by atoms with Gasteiger partial charge >= 0.3 is 12.1 Å². The molecule has 0 bridgehead atoms. The van der Waals surface area contributed by atoms with E-state index in [4.69, 9.17) is 14.9 Å². The second-order valence-electron chi connectivity index (χ2n) is 12.6. The topological polar surface area (TPSA) is 112 Å². The molecule has 1 fully saturated rings. The lowest BCUT2D eigenvalue weighted by atomic mass is 10.00. The lowest BCUT2D eigenvalue weighted by Crippen LogP contribution is -2.47. The zero-order valence-electron chi connectivity index (χ0n) is 28.6. The Hall–Kier alpha value is -5.46. The van der Waals surface area contributed by atoms with E-state index in [1.165, 1.54) is 5.56 Å². The highest BCUT2D eigenvalue weighted by atomic mass is 19.4. The van der Waals surface area contributed by atoms with Crippen LogP contribution in [0, 0.1) is 0 Å². The molecule has 270 valence electrons. The van der Waals surface area contributed by atoms with E-state index in [-0.39, 0.29) is 11.9 Å². The van der Waals surface area contributed by atoms with Gasteiger partial charge in [-0.1, -0.05) is 72.8 Å². The number of hydrogen-bond acceptors (Lipinski definition) is 7. The molecule has 9 nitrogen and oxygen atoms in total. The number of aliphatic carboxylic acids is 1. The van der Waals surface area contributed by atoms with Crippen molar-refractivity contribution in [1.29, 1.82) is 0 Å². The summed E-state index contributed by atoms with van der Waals surface area (Å²) in [5.74, 6) is -2.60. The second-order valence-corrected chi connectivity index (χ2v) is 12.6. The Balaban J connectivity index is 0.000000679. The Kier molecular flexibility index (Phi) is 13.6. The Morgan fingerprint density at radius 3 is 1.88 bits per heavy atom. The Morgan fingerprint density at radius 1 is 0.750 bits per heavy atom. The first-order chi connectivity index (χ1) is 25.1. The van der Waals surface area contributed by atoms with Crippen molar-refractivity contribution in [3.05, 3.63) is 150 Å². The van der Waals surface area contributed by atoms with Gasteiger partial charge in [0.05, 0.1) is 12.1 Å². The molecule has 52 heavy (non-hydrogen) atoms. The third-order valence-electron chi connectivity index (χ3n) is 8.70. The Morgan fingerprint density at radius 2 is 1.33 bits per heavy atom. The molecule has 0 radical (unpaired) electrons. The number of likely N-dealkylation sites (tertiary alicyclic amines) is 1. The number of rotatable bonds is 12. The molecular formula is C40H41F3N6O3. The number of alkyl halides is 3. The summed E-state index contributed by atoms with van der Waals surface area (Å²) in [4.78, 5) is 40.3. The second kappa shape index (κ2) is 18.7. The van der Waals surface area contributed by atoms with Crippen LogP contribution in [0.5, 0.6) is 0 Å². The minimum atomic E-state index is -5.08. The van der Waals surface area contributed by atoms with Gasteiger partial charge in [-0.15, -0.1) is 0 Å². The average molecular weight is 711 g/mol. The van der Waals surface area contributed by atoms with Crippen molar-refractivity contribution in [2.24, 2.45) is 0 Å². The van der Waals surface area contributed by atoms with Crippen LogP contribution in [0.3, 0.4) is 0 Å².